The molecule has 1 unspecified atom stereocenters. The van der Waals surface area contributed by atoms with Crippen LogP contribution in [-0.4, -0.2) is 37.1 Å². The maximum Gasteiger partial charge on any atom is 0.300 e. The van der Waals surface area contributed by atoms with E-state index in [-0.39, 0.29) is 5.69 Å². The van der Waals surface area contributed by atoms with E-state index in [9.17, 15) is 8.78 Å². The van der Waals surface area contributed by atoms with Crippen LogP contribution in [0.15, 0.2) is 24.7 Å². The number of aliphatic carboxylic acids is 1. The molecule has 2 bridgehead atoms. The number of carboxylic acid groups (broad SMARTS) is 1. The van der Waals surface area contributed by atoms with Gasteiger partial charge in [0.2, 0.25) is 5.95 Å². The Bertz CT molecular complexity index is 1060. The van der Waals surface area contributed by atoms with E-state index in [1.165, 1.54) is 37.9 Å². The smallest absolute Gasteiger partial charge is 0.300 e. The van der Waals surface area contributed by atoms with Crippen molar-refractivity contribution in [3.05, 3.63) is 36.3 Å². The summed E-state index contributed by atoms with van der Waals surface area (Å²) in [6, 6.07) is 1.69. The van der Waals surface area contributed by atoms with E-state index in [4.69, 9.17) is 9.90 Å². The van der Waals surface area contributed by atoms with Crippen LogP contribution in [0.5, 0.6) is 0 Å². The van der Waals surface area contributed by atoms with E-state index >= 15 is 0 Å². The lowest BCUT2D eigenvalue weighted by molar-refractivity contribution is -0.134. The fourth-order valence-corrected chi connectivity index (χ4v) is 4.52. The summed E-state index contributed by atoms with van der Waals surface area (Å²) in [5.41, 5.74) is 1.14. The Kier molecular flexibility index (Phi) is 5.61. The van der Waals surface area contributed by atoms with Gasteiger partial charge in [-0.1, -0.05) is 12.8 Å². The van der Waals surface area contributed by atoms with Gasteiger partial charge in [0.1, 0.15) is 17.2 Å². The molecule has 3 aliphatic carbocycles. The van der Waals surface area contributed by atoms with Gasteiger partial charge in [0.05, 0.1) is 12.4 Å². The molecule has 158 valence electrons. The number of H-pyrrole nitrogens is 1. The number of hydrogen-bond donors (Lipinski definition) is 3. The highest BCUT2D eigenvalue weighted by molar-refractivity contribution is 5.92. The number of hydrogen-bond acceptors (Lipinski definition) is 5. The van der Waals surface area contributed by atoms with E-state index in [1.54, 1.807) is 6.20 Å². The first-order valence-electron chi connectivity index (χ1n) is 10.0. The number of carbonyl (C=O) groups is 1. The summed E-state index contributed by atoms with van der Waals surface area (Å²) < 4.78 is 28.0. The van der Waals surface area contributed by atoms with Gasteiger partial charge in [-0.05, 0) is 37.2 Å². The summed E-state index contributed by atoms with van der Waals surface area (Å²) in [4.78, 5) is 24.5. The van der Waals surface area contributed by atoms with Crippen molar-refractivity contribution in [2.45, 2.75) is 45.1 Å². The van der Waals surface area contributed by atoms with Crippen LogP contribution in [-0.2, 0) is 4.79 Å². The third-order valence-corrected chi connectivity index (χ3v) is 5.86. The topological polar surface area (TPSA) is 104 Å². The number of pyridine rings is 1. The van der Waals surface area contributed by atoms with Crippen LogP contribution < -0.4 is 5.32 Å². The highest BCUT2D eigenvalue weighted by Crippen LogP contribution is 2.42. The van der Waals surface area contributed by atoms with Gasteiger partial charge in [0, 0.05) is 30.1 Å². The molecule has 7 nitrogen and oxygen atoms in total. The first-order chi connectivity index (χ1) is 14.4. The fraction of sp³-hybridized carbons (Fsp3) is 0.429. The van der Waals surface area contributed by atoms with Gasteiger partial charge in [-0.25, -0.2) is 23.7 Å². The molecule has 0 radical (unpaired) electrons. The Morgan fingerprint density at radius 2 is 1.93 bits per heavy atom. The maximum absolute atomic E-state index is 14.4. The molecule has 3 aromatic rings. The second kappa shape index (κ2) is 8.33. The molecule has 30 heavy (non-hydrogen) atoms. The Morgan fingerprint density at radius 3 is 2.60 bits per heavy atom. The Balaban J connectivity index is 0.000000503. The summed E-state index contributed by atoms with van der Waals surface area (Å²) in [6.45, 7) is 1.08. The molecule has 3 N–H and O–H groups in total. The van der Waals surface area contributed by atoms with Crippen molar-refractivity contribution in [3.63, 3.8) is 0 Å². The van der Waals surface area contributed by atoms with Gasteiger partial charge in [-0.3, -0.25) is 4.79 Å². The molecule has 1 atom stereocenters. The number of nitrogens with zero attached hydrogens (tertiary/aromatic N) is 3. The first kappa shape index (κ1) is 20.2. The van der Waals surface area contributed by atoms with Crippen molar-refractivity contribution in [3.8, 4) is 11.3 Å². The number of anilines is 1. The van der Waals surface area contributed by atoms with Gasteiger partial charge < -0.3 is 15.4 Å². The molecular weight excluding hydrogens is 392 g/mol. The minimum absolute atomic E-state index is 0.155. The van der Waals surface area contributed by atoms with Crippen LogP contribution in [0.2, 0.25) is 0 Å². The standard InChI is InChI=1S/C19H19F2N5.C2H4O2/c20-12-6-13-14(8-23-18(13)22-7-12)17-15(21)9-24-19(26-17)25-16-5-10-1-3-11(16)4-2-10;1-2(3)4/h6-11,16H,1-5H2,(H,22,23)(H,24,25,26);1H3,(H,3,4). The fourth-order valence-electron chi connectivity index (χ4n) is 4.52. The lowest BCUT2D eigenvalue weighted by Crippen LogP contribution is -2.40. The minimum atomic E-state index is -0.833. The van der Waals surface area contributed by atoms with Crippen molar-refractivity contribution in [2.75, 3.05) is 5.32 Å². The number of aromatic amines is 1. The lowest BCUT2D eigenvalue weighted by Gasteiger charge is -2.42. The van der Waals surface area contributed by atoms with E-state index in [0.717, 1.165) is 25.5 Å². The molecule has 3 fully saturated rings. The molecule has 0 aromatic carbocycles. The zero-order valence-corrected chi connectivity index (χ0v) is 16.5. The summed E-state index contributed by atoms with van der Waals surface area (Å²) in [5, 5.41) is 11.3. The van der Waals surface area contributed by atoms with Crippen LogP contribution in [0, 0.1) is 23.5 Å². The first-order valence-corrected chi connectivity index (χ1v) is 10.0. The molecule has 6 rings (SSSR count). The van der Waals surface area contributed by atoms with E-state index in [2.05, 4.69) is 25.3 Å². The van der Waals surface area contributed by atoms with Crippen molar-refractivity contribution in [1.29, 1.82) is 0 Å². The van der Waals surface area contributed by atoms with Crippen molar-refractivity contribution >= 4 is 23.0 Å². The maximum atomic E-state index is 14.4. The predicted molar refractivity (Wildman–Crippen MR) is 108 cm³/mol. The van der Waals surface area contributed by atoms with Gasteiger partial charge in [0.25, 0.3) is 5.97 Å². The van der Waals surface area contributed by atoms with Crippen LogP contribution in [0.3, 0.4) is 0 Å². The van der Waals surface area contributed by atoms with E-state index in [1.807, 2.05) is 0 Å². The van der Waals surface area contributed by atoms with Crippen LogP contribution >= 0.6 is 0 Å². The predicted octanol–water partition coefficient (Wildman–Crippen LogP) is 4.38. The third-order valence-electron chi connectivity index (χ3n) is 5.86. The molecule has 0 saturated heterocycles. The number of aromatic nitrogens is 4. The van der Waals surface area contributed by atoms with E-state index in [0.29, 0.717) is 34.5 Å². The van der Waals surface area contributed by atoms with Crippen LogP contribution in [0.1, 0.15) is 39.0 Å². The third kappa shape index (κ3) is 4.24. The van der Waals surface area contributed by atoms with Gasteiger partial charge in [-0.15, -0.1) is 0 Å². The number of carboxylic acids is 1. The molecular formula is C21H23F2N5O2. The second-order valence-corrected chi connectivity index (χ2v) is 7.93. The summed E-state index contributed by atoms with van der Waals surface area (Å²) in [7, 11) is 0. The highest BCUT2D eigenvalue weighted by atomic mass is 19.1. The zero-order chi connectivity index (χ0) is 21.3. The number of rotatable bonds is 3. The Morgan fingerprint density at radius 1 is 1.20 bits per heavy atom. The van der Waals surface area contributed by atoms with Crippen LogP contribution in [0.25, 0.3) is 22.3 Å². The highest BCUT2D eigenvalue weighted by Gasteiger charge is 2.35. The molecule has 0 spiro atoms. The average molecular weight is 415 g/mol. The molecule has 0 aliphatic heterocycles. The zero-order valence-electron chi connectivity index (χ0n) is 16.5. The molecule has 3 aromatic heterocycles. The quantitative estimate of drug-likeness (QED) is 0.587. The SMILES string of the molecule is CC(=O)O.Fc1cnc2[nH]cc(-c3nc(NC4CC5CCC4CC5)ncc3F)c2c1. The van der Waals surface area contributed by atoms with Gasteiger partial charge in [0.15, 0.2) is 5.82 Å². The summed E-state index contributed by atoms with van der Waals surface area (Å²) in [5.74, 6) is 0.0107. The largest absolute Gasteiger partial charge is 0.481 e. The number of halogens is 2. The number of nitrogens with one attached hydrogen (secondary N) is 2. The molecule has 9 heteroatoms. The molecule has 3 saturated carbocycles. The monoisotopic (exact) mass is 415 g/mol. The summed E-state index contributed by atoms with van der Waals surface area (Å²) >= 11 is 0. The minimum Gasteiger partial charge on any atom is -0.481 e. The Hall–Kier alpha value is -3.10. The van der Waals surface area contributed by atoms with Gasteiger partial charge in [-0.2, -0.15) is 0 Å². The second-order valence-electron chi connectivity index (χ2n) is 7.93. The van der Waals surface area contributed by atoms with Crippen molar-refractivity contribution < 1.29 is 18.7 Å². The van der Waals surface area contributed by atoms with Crippen molar-refractivity contribution in [1.82, 2.24) is 19.9 Å². The van der Waals surface area contributed by atoms with Crippen LogP contribution in [0.4, 0.5) is 14.7 Å². The normalized spacial score (nSPS) is 22.4. The van der Waals surface area contributed by atoms with Gasteiger partial charge >= 0.3 is 0 Å². The van der Waals surface area contributed by atoms with E-state index < -0.39 is 17.6 Å². The molecule has 3 aliphatic rings. The molecule has 3 heterocycles. The lowest BCUT2D eigenvalue weighted by atomic mass is 9.68. The average Bonchev–Trinajstić information content (AvgIpc) is 3.13. The molecule has 0 amide bonds. The van der Waals surface area contributed by atoms with Crippen molar-refractivity contribution in [2.24, 2.45) is 11.8 Å². The Labute approximate surface area is 172 Å². The number of fused-ring (bicyclic) bond motifs is 4. The summed E-state index contributed by atoms with van der Waals surface area (Å²) in [6.07, 6.45) is 10.1.